The standard InChI is InChI=1S/C19H23N3O6S/c1-5-21-19(24)14-11-13(7-9-16(14)27-3)29(25,26)22-15-10-12(18(23)20-2)6-8-17(15)28-4/h6-11,22H,5H2,1-4H3,(H,20,23)(H,21,24). The van der Waals surface area contributed by atoms with Crippen LogP contribution in [-0.2, 0) is 10.0 Å². The van der Waals surface area contributed by atoms with Gasteiger partial charge in [-0.15, -0.1) is 0 Å². The van der Waals surface area contributed by atoms with Crippen LogP contribution in [0.15, 0.2) is 41.3 Å². The van der Waals surface area contributed by atoms with Gasteiger partial charge < -0.3 is 20.1 Å². The van der Waals surface area contributed by atoms with Crippen LogP contribution in [0.5, 0.6) is 11.5 Å². The molecule has 156 valence electrons. The lowest BCUT2D eigenvalue weighted by Gasteiger charge is -2.15. The van der Waals surface area contributed by atoms with E-state index in [9.17, 15) is 18.0 Å². The Morgan fingerprint density at radius 2 is 1.62 bits per heavy atom. The van der Waals surface area contributed by atoms with Crippen molar-refractivity contribution in [3.8, 4) is 11.5 Å². The monoisotopic (exact) mass is 421 g/mol. The van der Waals surface area contributed by atoms with E-state index in [1.165, 1.54) is 57.7 Å². The molecule has 0 fully saturated rings. The van der Waals surface area contributed by atoms with Crippen molar-refractivity contribution < 1.29 is 27.5 Å². The summed E-state index contributed by atoms with van der Waals surface area (Å²) in [6, 6.07) is 8.30. The Labute approximate surface area is 169 Å². The van der Waals surface area contributed by atoms with Gasteiger partial charge in [0.25, 0.3) is 21.8 Å². The zero-order chi connectivity index (χ0) is 21.6. The van der Waals surface area contributed by atoms with E-state index in [2.05, 4.69) is 15.4 Å². The number of sulfonamides is 1. The van der Waals surface area contributed by atoms with Crippen molar-refractivity contribution in [1.29, 1.82) is 0 Å². The Morgan fingerprint density at radius 3 is 2.21 bits per heavy atom. The highest BCUT2D eigenvalue weighted by Gasteiger charge is 2.21. The molecular formula is C19H23N3O6S. The summed E-state index contributed by atoms with van der Waals surface area (Å²) >= 11 is 0. The Kier molecular flexibility index (Phi) is 7.05. The van der Waals surface area contributed by atoms with Crippen molar-refractivity contribution in [3.05, 3.63) is 47.5 Å². The Bertz CT molecular complexity index is 1020. The van der Waals surface area contributed by atoms with Gasteiger partial charge >= 0.3 is 0 Å². The molecule has 10 heteroatoms. The number of hydrogen-bond acceptors (Lipinski definition) is 6. The maximum atomic E-state index is 12.9. The van der Waals surface area contributed by atoms with Gasteiger partial charge in [0.2, 0.25) is 0 Å². The third kappa shape index (κ3) is 4.96. The first-order valence-electron chi connectivity index (χ1n) is 8.66. The number of amides is 2. The van der Waals surface area contributed by atoms with Crippen LogP contribution in [0.4, 0.5) is 5.69 Å². The molecule has 2 amide bonds. The largest absolute Gasteiger partial charge is 0.496 e. The first-order valence-corrected chi connectivity index (χ1v) is 10.1. The quantitative estimate of drug-likeness (QED) is 0.595. The molecule has 0 aliphatic heterocycles. The van der Waals surface area contributed by atoms with Crippen LogP contribution in [-0.4, -0.2) is 48.0 Å². The van der Waals surface area contributed by atoms with Crippen molar-refractivity contribution in [2.24, 2.45) is 0 Å². The predicted molar refractivity (Wildman–Crippen MR) is 108 cm³/mol. The third-order valence-corrected chi connectivity index (χ3v) is 5.36. The van der Waals surface area contributed by atoms with Crippen LogP contribution in [0.25, 0.3) is 0 Å². The molecule has 29 heavy (non-hydrogen) atoms. The number of nitrogens with one attached hydrogen (secondary N) is 3. The number of rotatable bonds is 8. The first-order chi connectivity index (χ1) is 13.8. The van der Waals surface area contributed by atoms with Crippen molar-refractivity contribution in [2.45, 2.75) is 11.8 Å². The summed E-state index contributed by atoms with van der Waals surface area (Å²) in [5.41, 5.74) is 0.427. The van der Waals surface area contributed by atoms with Crippen LogP contribution in [0, 0.1) is 0 Å². The molecule has 0 radical (unpaired) electrons. The lowest BCUT2D eigenvalue weighted by atomic mass is 10.2. The minimum atomic E-state index is -4.09. The number of hydrogen-bond donors (Lipinski definition) is 3. The van der Waals surface area contributed by atoms with Gasteiger partial charge in [0.05, 0.1) is 30.4 Å². The average molecular weight is 421 g/mol. The molecule has 0 heterocycles. The number of anilines is 1. The molecule has 0 atom stereocenters. The molecule has 0 bridgehead atoms. The van der Waals surface area contributed by atoms with Crippen molar-refractivity contribution in [1.82, 2.24) is 10.6 Å². The minimum Gasteiger partial charge on any atom is -0.496 e. The molecule has 2 aromatic carbocycles. The van der Waals surface area contributed by atoms with E-state index in [1.54, 1.807) is 6.92 Å². The summed E-state index contributed by atoms with van der Waals surface area (Å²) < 4.78 is 38.6. The molecule has 2 rings (SSSR count). The summed E-state index contributed by atoms with van der Waals surface area (Å²) in [5.74, 6) is -0.357. The Balaban J connectivity index is 2.47. The van der Waals surface area contributed by atoms with Gasteiger partial charge in [-0.1, -0.05) is 0 Å². The zero-order valence-corrected chi connectivity index (χ0v) is 17.3. The van der Waals surface area contributed by atoms with E-state index in [0.717, 1.165) is 0 Å². The van der Waals surface area contributed by atoms with Crippen molar-refractivity contribution in [2.75, 3.05) is 32.5 Å². The molecule has 0 unspecified atom stereocenters. The SMILES string of the molecule is CCNC(=O)c1cc(S(=O)(=O)Nc2cc(C(=O)NC)ccc2OC)ccc1OC. The van der Waals surface area contributed by atoms with Crippen LogP contribution in [0.1, 0.15) is 27.6 Å². The van der Waals surface area contributed by atoms with Gasteiger partial charge in [-0.3, -0.25) is 14.3 Å². The summed E-state index contributed by atoms with van der Waals surface area (Å²) in [6.07, 6.45) is 0. The summed E-state index contributed by atoms with van der Waals surface area (Å²) in [7, 11) is 0.151. The fourth-order valence-electron chi connectivity index (χ4n) is 2.56. The van der Waals surface area contributed by atoms with Crippen molar-refractivity contribution >= 4 is 27.5 Å². The molecule has 9 nitrogen and oxygen atoms in total. The molecule has 3 N–H and O–H groups in total. The number of benzene rings is 2. The van der Waals surface area contributed by atoms with Gasteiger partial charge in [-0.05, 0) is 43.3 Å². The predicted octanol–water partition coefficient (Wildman–Crippen LogP) is 1.61. The minimum absolute atomic E-state index is 0.0864. The molecular weight excluding hydrogens is 398 g/mol. The van der Waals surface area contributed by atoms with E-state index in [-0.39, 0.29) is 39.1 Å². The molecule has 0 spiro atoms. The molecule has 2 aromatic rings. The Hall–Kier alpha value is -3.27. The highest BCUT2D eigenvalue weighted by Crippen LogP contribution is 2.29. The number of carbonyl (C=O) groups excluding carboxylic acids is 2. The Morgan fingerprint density at radius 1 is 0.966 bits per heavy atom. The van der Waals surface area contributed by atoms with Crippen LogP contribution in [0.3, 0.4) is 0 Å². The van der Waals surface area contributed by atoms with Gasteiger partial charge in [-0.2, -0.15) is 0 Å². The van der Waals surface area contributed by atoms with E-state index < -0.39 is 15.9 Å². The smallest absolute Gasteiger partial charge is 0.262 e. The van der Waals surface area contributed by atoms with Crippen LogP contribution >= 0.6 is 0 Å². The molecule has 0 saturated carbocycles. The highest BCUT2D eigenvalue weighted by atomic mass is 32.2. The third-order valence-electron chi connectivity index (χ3n) is 4.00. The molecule has 0 saturated heterocycles. The highest BCUT2D eigenvalue weighted by molar-refractivity contribution is 7.92. The number of methoxy groups -OCH3 is 2. The maximum Gasteiger partial charge on any atom is 0.262 e. The van der Waals surface area contributed by atoms with Gasteiger partial charge in [0.15, 0.2) is 0 Å². The summed E-state index contributed by atoms with van der Waals surface area (Å²) in [5, 5.41) is 5.08. The average Bonchev–Trinajstić information content (AvgIpc) is 2.72. The number of ether oxygens (including phenoxy) is 2. The summed E-state index contributed by atoms with van der Waals surface area (Å²) in [4.78, 5) is 24.0. The lowest BCUT2D eigenvalue weighted by Crippen LogP contribution is -2.24. The fraction of sp³-hybridized carbons (Fsp3) is 0.263. The summed E-state index contributed by atoms with van der Waals surface area (Å²) in [6.45, 7) is 2.12. The molecule has 0 aromatic heterocycles. The topological polar surface area (TPSA) is 123 Å². The molecule has 0 aliphatic carbocycles. The lowest BCUT2D eigenvalue weighted by molar-refractivity contribution is 0.0948. The second kappa shape index (κ2) is 9.28. The van der Waals surface area contributed by atoms with E-state index >= 15 is 0 Å². The molecule has 0 aliphatic rings. The number of carbonyl (C=O) groups is 2. The van der Waals surface area contributed by atoms with Gasteiger partial charge in [0.1, 0.15) is 11.5 Å². The van der Waals surface area contributed by atoms with Crippen LogP contribution < -0.4 is 24.8 Å². The van der Waals surface area contributed by atoms with E-state index in [4.69, 9.17) is 9.47 Å². The second-order valence-electron chi connectivity index (χ2n) is 5.82. The fourth-order valence-corrected chi connectivity index (χ4v) is 3.65. The van der Waals surface area contributed by atoms with Gasteiger partial charge in [0, 0.05) is 19.2 Å². The van der Waals surface area contributed by atoms with Gasteiger partial charge in [-0.25, -0.2) is 8.42 Å². The first kappa shape index (κ1) is 22.0. The van der Waals surface area contributed by atoms with Crippen LogP contribution in [0.2, 0.25) is 0 Å². The normalized spacial score (nSPS) is 10.8. The van der Waals surface area contributed by atoms with Crippen molar-refractivity contribution in [3.63, 3.8) is 0 Å². The van der Waals surface area contributed by atoms with E-state index in [0.29, 0.717) is 6.54 Å². The zero-order valence-electron chi connectivity index (χ0n) is 16.5. The maximum absolute atomic E-state index is 12.9. The second-order valence-corrected chi connectivity index (χ2v) is 7.50. The van der Waals surface area contributed by atoms with E-state index in [1.807, 2.05) is 0 Å².